The molecule has 0 aliphatic rings. The van der Waals surface area contributed by atoms with Crippen LogP contribution in [0, 0.1) is 6.92 Å². The number of methoxy groups -OCH3 is 1. The lowest BCUT2D eigenvalue weighted by molar-refractivity contribution is 0.0600. The number of anilines is 1. The summed E-state index contributed by atoms with van der Waals surface area (Å²) in [5, 5.41) is 7.61. The van der Waals surface area contributed by atoms with Crippen molar-refractivity contribution in [1.29, 1.82) is 0 Å². The topological polar surface area (TPSA) is 50.4 Å². The highest BCUT2D eigenvalue weighted by molar-refractivity contribution is 7.80. The first kappa shape index (κ1) is 19.2. The van der Waals surface area contributed by atoms with Gasteiger partial charge in [-0.1, -0.05) is 35.9 Å². The van der Waals surface area contributed by atoms with Crippen molar-refractivity contribution in [3.05, 3.63) is 64.2 Å². The van der Waals surface area contributed by atoms with Crippen LogP contribution in [-0.4, -0.2) is 24.7 Å². The second-order valence-corrected chi connectivity index (χ2v) is 6.36. The number of rotatable bonds is 6. The minimum atomic E-state index is -0.361. The molecule has 0 unspecified atom stereocenters. The smallest absolute Gasteiger partial charge is 0.338 e. The summed E-state index contributed by atoms with van der Waals surface area (Å²) in [7, 11) is 1.37. The third-order valence-corrected chi connectivity index (χ3v) is 4.47. The Morgan fingerprint density at radius 2 is 1.96 bits per heavy atom. The van der Waals surface area contributed by atoms with E-state index in [1.165, 1.54) is 7.11 Å². The van der Waals surface area contributed by atoms with Crippen molar-refractivity contribution in [1.82, 2.24) is 5.32 Å². The first-order chi connectivity index (χ1) is 12.0. The summed E-state index contributed by atoms with van der Waals surface area (Å²) in [5.41, 5.74) is 3.24. The normalized spacial score (nSPS) is 10.2. The van der Waals surface area contributed by atoms with E-state index in [4.69, 9.17) is 28.6 Å². The molecule has 4 nitrogen and oxygen atoms in total. The second-order valence-electron chi connectivity index (χ2n) is 5.55. The van der Waals surface area contributed by atoms with Crippen molar-refractivity contribution in [3.8, 4) is 0 Å². The van der Waals surface area contributed by atoms with Crippen molar-refractivity contribution in [2.24, 2.45) is 0 Å². The summed E-state index contributed by atoms with van der Waals surface area (Å²) < 4.78 is 4.78. The largest absolute Gasteiger partial charge is 0.465 e. The lowest BCUT2D eigenvalue weighted by Crippen LogP contribution is -2.30. The Labute approximate surface area is 158 Å². The molecular formula is C19H21ClN2O2S. The summed E-state index contributed by atoms with van der Waals surface area (Å²) >= 11 is 11.5. The number of carbonyl (C=O) groups is 1. The van der Waals surface area contributed by atoms with Gasteiger partial charge in [0.15, 0.2) is 5.11 Å². The number of hydrogen-bond donors (Lipinski definition) is 2. The number of hydrogen-bond acceptors (Lipinski definition) is 3. The molecule has 2 aromatic rings. The minimum absolute atomic E-state index is 0.361. The maximum Gasteiger partial charge on any atom is 0.338 e. The van der Waals surface area contributed by atoms with Crippen LogP contribution in [0.4, 0.5) is 5.69 Å². The SMILES string of the molecule is COC(=O)c1cccc(NC(=S)NCCCc2ccccc2Cl)c1C. The summed E-state index contributed by atoms with van der Waals surface area (Å²) in [6.07, 6.45) is 1.79. The minimum Gasteiger partial charge on any atom is -0.465 e. The molecule has 132 valence electrons. The van der Waals surface area contributed by atoms with E-state index in [-0.39, 0.29) is 5.97 Å². The summed E-state index contributed by atoms with van der Waals surface area (Å²) in [5.74, 6) is -0.361. The standard InChI is InChI=1S/C19H21ClN2O2S/c1-13-15(18(23)24-2)9-5-11-17(13)22-19(25)21-12-6-8-14-7-3-4-10-16(14)20/h3-5,7,9-11H,6,8,12H2,1-2H3,(H2,21,22,25). The molecule has 0 atom stereocenters. The molecule has 0 aliphatic carbocycles. The lowest BCUT2D eigenvalue weighted by atomic mass is 10.1. The van der Waals surface area contributed by atoms with E-state index in [0.29, 0.717) is 10.7 Å². The molecule has 0 saturated carbocycles. The molecule has 2 rings (SSSR count). The van der Waals surface area contributed by atoms with Crippen LogP contribution in [-0.2, 0) is 11.2 Å². The van der Waals surface area contributed by atoms with Gasteiger partial charge >= 0.3 is 5.97 Å². The van der Waals surface area contributed by atoms with Crippen LogP contribution < -0.4 is 10.6 Å². The zero-order chi connectivity index (χ0) is 18.2. The second kappa shape index (κ2) is 9.39. The number of halogens is 1. The van der Waals surface area contributed by atoms with E-state index < -0.39 is 0 Å². The van der Waals surface area contributed by atoms with E-state index in [0.717, 1.165) is 41.2 Å². The molecule has 25 heavy (non-hydrogen) atoms. The molecule has 0 aromatic heterocycles. The van der Waals surface area contributed by atoms with Crippen LogP contribution in [0.15, 0.2) is 42.5 Å². The van der Waals surface area contributed by atoms with Gasteiger partial charge in [0.05, 0.1) is 12.7 Å². The third kappa shape index (κ3) is 5.44. The van der Waals surface area contributed by atoms with E-state index in [2.05, 4.69) is 10.6 Å². The number of benzene rings is 2. The van der Waals surface area contributed by atoms with Crippen LogP contribution >= 0.6 is 23.8 Å². The summed E-state index contributed by atoms with van der Waals surface area (Å²) in [6.45, 7) is 2.58. The molecule has 0 bridgehead atoms. The number of carbonyl (C=O) groups excluding carboxylic acids is 1. The quantitative estimate of drug-likeness (QED) is 0.446. The van der Waals surface area contributed by atoms with E-state index >= 15 is 0 Å². The number of thiocarbonyl (C=S) groups is 1. The fraction of sp³-hybridized carbons (Fsp3) is 0.263. The highest BCUT2D eigenvalue weighted by Crippen LogP contribution is 2.20. The highest BCUT2D eigenvalue weighted by Gasteiger charge is 2.12. The molecule has 0 saturated heterocycles. The van der Waals surface area contributed by atoms with Gasteiger partial charge in [0.1, 0.15) is 0 Å². The predicted molar refractivity (Wildman–Crippen MR) is 107 cm³/mol. The summed E-state index contributed by atoms with van der Waals surface area (Å²) in [6, 6.07) is 13.2. The molecule has 2 aromatic carbocycles. The lowest BCUT2D eigenvalue weighted by Gasteiger charge is -2.14. The maximum absolute atomic E-state index is 11.7. The van der Waals surface area contributed by atoms with Crippen molar-refractivity contribution >= 4 is 40.6 Å². The van der Waals surface area contributed by atoms with Crippen LogP contribution in [0.3, 0.4) is 0 Å². The monoisotopic (exact) mass is 376 g/mol. The third-order valence-electron chi connectivity index (χ3n) is 3.85. The Morgan fingerprint density at radius 1 is 1.20 bits per heavy atom. The van der Waals surface area contributed by atoms with Gasteiger partial charge in [-0.15, -0.1) is 0 Å². The first-order valence-electron chi connectivity index (χ1n) is 7.99. The number of ether oxygens (including phenoxy) is 1. The Bertz CT molecular complexity index is 765. The van der Waals surface area contributed by atoms with Crippen molar-refractivity contribution < 1.29 is 9.53 Å². The van der Waals surface area contributed by atoms with Gasteiger partial charge < -0.3 is 15.4 Å². The Kier molecular flexibility index (Phi) is 7.22. The van der Waals surface area contributed by atoms with Gasteiger partial charge in [0.25, 0.3) is 0 Å². The van der Waals surface area contributed by atoms with Gasteiger partial charge in [-0.2, -0.15) is 0 Å². The van der Waals surface area contributed by atoms with Crippen molar-refractivity contribution in [2.75, 3.05) is 19.0 Å². The Hall–Kier alpha value is -2.11. The van der Waals surface area contributed by atoms with Crippen LogP contribution in [0.5, 0.6) is 0 Å². The van der Waals surface area contributed by atoms with Crippen molar-refractivity contribution in [3.63, 3.8) is 0 Å². The molecule has 6 heteroatoms. The van der Waals surface area contributed by atoms with Crippen molar-refractivity contribution in [2.45, 2.75) is 19.8 Å². The van der Waals surface area contributed by atoms with Gasteiger partial charge in [0.2, 0.25) is 0 Å². The van der Waals surface area contributed by atoms with Gasteiger partial charge in [-0.05, 0) is 61.3 Å². The zero-order valence-electron chi connectivity index (χ0n) is 14.3. The molecule has 0 aliphatic heterocycles. The number of aryl methyl sites for hydroxylation is 1. The molecule has 0 amide bonds. The molecule has 2 N–H and O–H groups in total. The maximum atomic E-state index is 11.7. The fourth-order valence-corrected chi connectivity index (χ4v) is 2.89. The molecular weight excluding hydrogens is 356 g/mol. The van der Waals surface area contributed by atoms with E-state index in [1.54, 1.807) is 12.1 Å². The van der Waals surface area contributed by atoms with Crippen LogP contribution in [0.25, 0.3) is 0 Å². The summed E-state index contributed by atoms with van der Waals surface area (Å²) in [4.78, 5) is 11.7. The average Bonchev–Trinajstić information content (AvgIpc) is 2.61. The van der Waals surface area contributed by atoms with Gasteiger partial charge in [0, 0.05) is 17.3 Å². The predicted octanol–water partition coefficient (Wildman–Crippen LogP) is 4.35. The van der Waals surface area contributed by atoms with Crippen LogP contribution in [0.2, 0.25) is 5.02 Å². The molecule has 0 fully saturated rings. The van der Waals surface area contributed by atoms with E-state index in [1.807, 2.05) is 37.3 Å². The molecule has 0 heterocycles. The molecule has 0 radical (unpaired) electrons. The van der Waals surface area contributed by atoms with Gasteiger partial charge in [-0.25, -0.2) is 4.79 Å². The number of esters is 1. The highest BCUT2D eigenvalue weighted by atomic mass is 35.5. The Morgan fingerprint density at radius 3 is 2.68 bits per heavy atom. The average molecular weight is 377 g/mol. The van der Waals surface area contributed by atoms with E-state index in [9.17, 15) is 4.79 Å². The molecule has 0 spiro atoms. The Balaban J connectivity index is 1.85. The first-order valence-corrected chi connectivity index (χ1v) is 8.77. The zero-order valence-corrected chi connectivity index (χ0v) is 15.8. The van der Waals surface area contributed by atoms with Crippen LogP contribution in [0.1, 0.15) is 27.9 Å². The van der Waals surface area contributed by atoms with Gasteiger partial charge in [-0.3, -0.25) is 0 Å². The number of nitrogens with one attached hydrogen (secondary N) is 2. The fourth-order valence-electron chi connectivity index (χ4n) is 2.45.